The van der Waals surface area contributed by atoms with E-state index in [1.54, 1.807) is 0 Å². The van der Waals surface area contributed by atoms with E-state index in [1.165, 1.54) is 6.92 Å². The Hall–Kier alpha value is -2.24. The Kier molecular flexibility index (Phi) is 11.1. The van der Waals surface area contributed by atoms with Crippen LogP contribution in [-0.4, -0.2) is 69.8 Å². The number of carbonyl (C=O) groups is 4. The number of carboxylic acid groups (broad SMARTS) is 2. The molecule has 0 heterocycles. The van der Waals surface area contributed by atoms with Gasteiger partial charge in [0.2, 0.25) is 11.8 Å². The molecule has 0 fully saturated rings. The van der Waals surface area contributed by atoms with Crippen LogP contribution in [0.25, 0.3) is 0 Å². The summed E-state index contributed by atoms with van der Waals surface area (Å²) < 4.78 is 0. The molecule has 4 atom stereocenters. The number of amides is 2. The van der Waals surface area contributed by atoms with Gasteiger partial charge in [-0.3, -0.25) is 14.4 Å². The molecular weight excluding hydrogens is 348 g/mol. The van der Waals surface area contributed by atoms with Gasteiger partial charge in [-0.1, -0.05) is 0 Å². The quantitative estimate of drug-likeness (QED) is 0.173. The molecule has 9 N–H and O–H groups in total. The van der Waals surface area contributed by atoms with Crippen LogP contribution in [0.2, 0.25) is 0 Å². The first-order valence-corrected chi connectivity index (χ1v) is 8.29. The van der Waals surface area contributed by atoms with Crippen LogP contribution in [0, 0.1) is 0 Å². The summed E-state index contributed by atoms with van der Waals surface area (Å²) in [5.41, 5.74) is 10.9. The molecule has 0 aromatic carbocycles. The van der Waals surface area contributed by atoms with Gasteiger partial charge in [-0.2, -0.15) is 0 Å². The van der Waals surface area contributed by atoms with Crippen molar-refractivity contribution < 1.29 is 34.5 Å². The number of carbonyl (C=O) groups excluding carboxylic acids is 2. The SMILES string of the molecule is C[C@@H](O)[C@H](NC(=O)[C@@H](N)CCC(=O)O)C(=O)N[C@@H](CCCCN)C(=O)O. The summed E-state index contributed by atoms with van der Waals surface area (Å²) in [6.45, 7) is 1.64. The van der Waals surface area contributed by atoms with Crippen LogP contribution in [0.15, 0.2) is 0 Å². The summed E-state index contributed by atoms with van der Waals surface area (Å²) in [5, 5.41) is 32.0. The van der Waals surface area contributed by atoms with Gasteiger partial charge in [0.05, 0.1) is 12.1 Å². The molecule has 0 aromatic heterocycles. The predicted molar refractivity (Wildman–Crippen MR) is 90.9 cm³/mol. The molecule has 0 aliphatic rings. The summed E-state index contributed by atoms with van der Waals surface area (Å²) in [6, 6.07) is -3.79. The van der Waals surface area contributed by atoms with Gasteiger partial charge >= 0.3 is 11.9 Å². The number of nitrogens with two attached hydrogens (primary N) is 2. The fourth-order valence-corrected chi connectivity index (χ4v) is 2.09. The van der Waals surface area contributed by atoms with Gasteiger partial charge in [0.15, 0.2) is 0 Å². The first-order chi connectivity index (χ1) is 12.1. The molecule has 0 bridgehead atoms. The Bertz CT molecular complexity index is 498. The zero-order chi connectivity index (χ0) is 20.3. The average molecular weight is 376 g/mol. The Balaban J connectivity index is 4.84. The van der Waals surface area contributed by atoms with Crippen molar-refractivity contribution in [2.24, 2.45) is 11.5 Å². The van der Waals surface area contributed by atoms with E-state index in [0.29, 0.717) is 19.4 Å². The molecule has 2 amide bonds. The maximum Gasteiger partial charge on any atom is 0.326 e. The van der Waals surface area contributed by atoms with Crippen LogP contribution < -0.4 is 22.1 Å². The van der Waals surface area contributed by atoms with Crippen LogP contribution in [0.3, 0.4) is 0 Å². The zero-order valence-electron chi connectivity index (χ0n) is 14.7. The fraction of sp³-hybridized carbons (Fsp3) is 0.733. The molecule has 11 nitrogen and oxygen atoms in total. The lowest BCUT2D eigenvalue weighted by Crippen LogP contribution is -2.58. The Morgan fingerprint density at radius 3 is 2.08 bits per heavy atom. The smallest absolute Gasteiger partial charge is 0.326 e. The fourth-order valence-electron chi connectivity index (χ4n) is 2.09. The largest absolute Gasteiger partial charge is 0.481 e. The van der Waals surface area contributed by atoms with Crippen molar-refractivity contribution in [2.45, 2.75) is 63.3 Å². The van der Waals surface area contributed by atoms with Crippen molar-refractivity contribution in [3.63, 3.8) is 0 Å². The molecule has 150 valence electrons. The lowest BCUT2D eigenvalue weighted by atomic mass is 10.1. The van der Waals surface area contributed by atoms with E-state index >= 15 is 0 Å². The van der Waals surface area contributed by atoms with E-state index < -0.39 is 48.0 Å². The predicted octanol–water partition coefficient (Wildman–Crippen LogP) is -2.26. The monoisotopic (exact) mass is 376 g/mol. The second kappa shape index (κ2) is 12.2. The second-order valence-electron chi connectivity index (χ2n) is 5.95. The standard InChI is InChI=1S/C15H28N4O7/c1-8(20)12(19-13(23)9(17)5-6-11(21)22)14(24)18-10(15(25)26)4-2-3-7-16/h8-10,12,20H,2-7,16-17H2,1H3,(H,18,24)(H,19,23)(H,21,22)(H,25,26)/t8-,9+,10+,12+/m1/s1. The minimum Gasteiger partial charge on any atom is -0.481 e. The van der Waals surface area contributed by atoms with E-state index in [2.05, 4.69) is 10.6 Å². The third kappa shape index (κ3) is 9.30. The molecule has 11 heteroatoms. The Morgan fingerprint density at radius 1 is 1.00 bits per heavy atom. The number of aliphatic hydroxyl groups excluding tert-OH is 1. The molecular formula is C15H28N4O7. The highest BCUT2D eigenvalue weighted by Gasteiger charge is 2.30. The molecule has 0 radical (unpaired) electrons. The number of hydrogen-bond acceptors (Lipinski definition) is 7. The normalized spacial score (nSPS) is 15.4. The highest BCUT2D eigenvalue weighted by molar-refractivity contribution is 5.92. The lowest BCUT2D eigenvalue weighted by Gasteiger charge is -2.24. The average Bonchev–Trinajstić information content (AvgIpc) is 2.55. The minimum absolute atomic E-state index is 0.147. The summed E-state index contributed by atoms with van der Waals surface area (Å²) in [5.74, 6) is -4.06. The highest BCUT2D eigenvalue weighted by atomic mass is 16.4. The molecule has 0 spiro atoms. The third-order valence-corrected chi connectivity index (χ3v) is 3.63. The van der Waals surface area contributed by atoms with Gasteiger partial charge in [0.1, 0.15) is 12.1 Å². The van der Waals surface area contributed by atoms with Gasteiger partial charge < -0.3 is 37.4 Å². The Labute approximate surface area is 151 Å². The molecule has 0 aliphatic heterocycles. The summed E-state index contributed by atoms with van der Waals surface area (Å²) in [7, 11) is 0. The van der Waals surface area contributed by atoms with Crippen molar-refractivity contribution in [3.8, 4) is 0 Å². The van der Waals surface area contributed by atoms with Gasteiger partial charge in [-0.25, -0.2) is 4.79 Å². The lowest BCUT2D eigenvalue weighted by molar-refractivity contribution is -0.143. The van der Waals surface area contributed by atoms with Crippen LogP contribution in [0.4, 0.5) is 0 Å². The maximum absolute atomic E-state index is 12.2. The van der Waals surface area contributed by atoms with Gasteiger partial charge in [0, 0.05) is 6.42 Å². The van der Waals surface area contributed by atoms with E-state index in [0.717, 1.165) is 0 Å². The number of nitrogens with one attached hydrogen (secondary N) is 2. The first kappa shape index (κ1) is 23.8. The topological polar surface area (TPSA) is 205 Å². The number of rotatable bonds is 13. The van der Waals surface area contributed by atoms with E-state index in [9.17, 15) is 24.3 Å². The van der Waals surface area contributed by atoms with Crippen molar-refractivity contribution in [3.05, 3.63) is 0 Å². The maximum atomic E-state index is 12.2. The van der Waals surface area contributed by atoms with E-state index in [1.807, 2.05) is 0 Å². The number of hydrogen-bond donors (Lipinski definition) is 7. The van der Waals surface area contributed by atoms with Crippen LogP contribution >= 0.6 is 0 Å². The van der Waals surface area contributed by atoms with Crippen LogP contribution in [0.5, 0.6) is 0 Å². The van der Waals surface area contributed by atoms with E-state index in [-0.39, 0.29) is 19.3 Å². The Morgan fingerprint density at radius 2 is 1.62 bits per heavy atom. The molecule has 0 aromatic rings. The van der Waals surface area contributed by atoms with Crippen LogP contribution in [0.1, 0.15) is 39.0 Å². The molecule has 0 rings (SSSR count). The van der Waals surface area contributed by atoms with Crippen molar-refractivity contribution in [2.75, 3.05) is 6.54 Å². The second-order valence-corrected chi connectivity index (χ2v) is 5.95. The molecule has 0 aliphatic carbocycles. The van der Waals surface area contributed by atoms with Crippen molar-refractivity contribution >= 4 is 23.8 Å². The number of carboxylic acids is 2. The highest BCUT2D eigenvalue weighted by Crippen LogP contribution is 2.04. The molecule has 0 unspecified atom stereocenters. The van der Waals surface area contributed by atoms with Gasteiger partial charge in [-0.15, -0.1) is 0 Å². The van der Waals surface area contributed by atoms with Crippen LogP contribution in [-0.2, 0) is 19.2 Å². The summed E-state index contributed by atoms with van der Waals surface area (Å²) >= 11 is 0. The minimum atomic E-state index is -1.42. The van der Waals surface area contributed by atoms with Crippen molar-refractivity contribution in [1.29, 1.82) is 0 Å². The number of aliphatic hydroxyl groups is 1. The number of aliphatic carboxylic acids is 2. The molecule has 26 heavy (non-hydrogen) atoms. The van der Waals surface area contributed by atoms with Gasteiger partial charge in [0.25, 0.3) is 0 Å². The molecule has 0 saturated carbocycles. The summed E-state index contributed by atoms with van der Waals surface area (Å²) in [6.07, 6.45) is -0.566. The third-order valence-electron chi connectivity index (χ3n) is 3.63. The van der Waals surface area contributed by atoms with Gasteiger partial charge in [-0.05, 0) is 39.2 Å². The molecule has 0 saturated heterocycles. The van der Waals surface area contributed by atoms with E-state index in [4.69, 9.17) is 21.7 Å². The summed E-state index contributed by atoms with van der Waals surface area (Å²) in [4.78, 5) is 45.9. The number of unbranched alkanes of at least 4 members (excludes halogenated alkanes) is 1. The van der Waals surface area contributed by atoms with Crippen molar-refractivity contribution in [1.82, 2.24) is 10.6 Å². The zero-order valence-corrected chi connectivity index (χ0v) is 14.7. The first-order valence-electron chi connectivity index (χ1n) is 8.29.